The standard InChI is InChI=1S/2C18H35NO3/c2*1-2-3-4-5-6-7-8-9-10-11-12-13-14-15-17(20)19-16-18(21)22/h2*2-16H2,1H3,(H,19,20)(H,21,22). The van der Waals surface area contributed by atoms with Gasteiger partial charge < -0.3 is 20.8 Å². The lowest BCUT2D eigenvalue weighted by Crippen LogP contribution is -2.28. The third-order valence-electron chi connectivity index (χ3n) is 7.89. The number of hydrogen-bond acceptors (Lipinski definition) is 4. The van der Waals surface area contributed by atoms with Crippen molar-refractivity contribution in [2.24, 2.45) is 0 Å². The van der Waals surface area contributed by atoms with Crippen LogP contribution >= 0.6 is 0 Å². The molecule has 2 amide bonds. The van der Waals surface area contributed by atoms with Crippen LogP contribution in [-0.4, -0.2) is 47.1 Å². The summed E-state index contributed by atoms with van der Waals surface area (Å²) < 4.78 is 0. The summed E-state index contributed by atoms with van der Waals surface area (Å²) in [6.45, 7) is 3.97. The van der Waals surface area contributed by atoms with Gasteiger partial charge in [-0.15, -0.1) is 0 Å². The van der Waals surface area contributed by atoms with Crippen LogP contribution in [0.3, 0.4) is 0 Å². The van der Waals surface area contributed by atoms with Gasteiger partial charge in [-0.2, -0.15) is 0 Å². The Morgan fingerprint density at radius 2 is 0.568 bits per heavy atom. The maximum atomic E-state index is 11.3. The summed E-state index contributed by atoms with van der Waals surface area (Å²) in [6, 6.07) is 0. The molecule has 0 aliphatic heterocycles. The Hall–Kier alpha value is -2.12. The molecule has 44 heavy (non-hydrogen) atoms. The zero-order valence-corrected chi connectivity index (χ0v) is 28.7. The fourth-order valence-electron chi connectivity index (χ4n) is 5.13. The van der Waals surface area contributed by atoms with E-state index in [9.17, 15) is 19.2 Å². The lowest BCUT2D eigenvalue weighted by Gasteiger charge is -2.04. The van der Waals surface area contributed by atoms with Gasteiger partial charge in [-0.05, 0) is 12.8 Å². The average molecular weight is 627 g/mol. The molecule has 0 radical (unpaired) electrons. The lowest BCUT2D eigenvalue weighted by atomic mass is 10.0. The summed E-state index contributed by atoms with van der Waals surface area (Å²) in [6.07, 6.45) is 34.2. The normalized spacial score (nSPS) is 10.6. The van der Waals surface area contributed by atoms with Crippen molar-refractivity contribution in [3.05, 3.63) is 0 Å². The molecule has 0 heterocycles. The third-order valence-corrected chi connectivity index (χ3v) is 7.89. The first kappa shape index (κ1) is 44.0. The Morgan fingerprint density at radius 1 is 0.364 bits per heavy atom. The van der Waals surface area contributed by atoms with Gasteiger partial charge in [-0.3, -0.25) is 19.2 Å². The van der Waals surface area contributed by atoms with E-state index in [2.05, 4.69) is 24.5 Å². The van der Waals surface area contributed by atoms with Crippen LogP contribution in [0.1, 0.15) is 194 Å². The molecular weight excluding hydrogens is 556 g/mol. The number of amides is 2. The molecule has 0 atom stereocenters. The quantitative estimate of drug-likeness (QED) is 0.0550. The highest BCUT2D eigenvalue weighted by molar-refractivity contribution is 5.81. The summed E-state index contributed by atoms with van der Waals surface area (Å²) >= 11 is 0. The van der Waals surface area contributed by atoms with Crippen LogP contribution in [0, 0.1) is 0 Å². The van der Waals surface area contributed by atoms with Gasteiger partial charge in [0.15, 0.2) is 0 Å². The van der Waals surface area contributed by atoms with Gasteiger partial charge in [0.25, 0.3) is 0 Å². The zero-order valence-electron chi connectivity index (χ0n) is 28.7. The zero-order chi connectivity index (χ0) is 32.9. The fourth-order valence-corrected chi connectivity index (χ4v) is 5.13. The molecule has 0 unspecified atom stereocenters. The molecule has 0 saturated carbocycles. The summed E-state index contributed by atoms with van der Waals surface area (Å²) in [4.78, 5) is 43.1. The topological polar surface area (TPSA) is 133 Å². The Bertz CT molecular complexity index is 615. The van der Waals surface area contributed by atoms with Crippen LogP contribution in [0.4, 0.5) is 0 Å². The number of carbonyl (C=O) groups is 4. The van der Waals surface area contributed by atoms with E-state index >= 15 is 0 Å². The Morgan fingerprint density at radius 3 is 0.773 bits per heavy atom. The van der Waals surface area contributed by atoms with Crippen molar-refractivity contribution in [3.8, 4) is 0 Å². The van der Waals surface area contributed by atoms with Crippen LogP contribution in [0.5, 0.6) is 0 Å². The monoisotopic (exact) mass is 627 g/mol. The predicted molar refractivity (Wildman–Crippen MR) is 182 cm³/mol. The number of carboxylic acid groups (broad SMARTS) is 2. The first-order valence-corrected chi connectivity index (χ1v) is 18.3. The van der Waals surface area contributed by atoms with Crippen LogP contribution in [0.25, 0.3) is 0 Å². The predicted octanol–water partition coefficient (Wildman–Crippen LogP) is 9.34. The van der Waals surface area contributed by atoms with E-state index in [1.165, 1.54) is 141 Å². The molecule has 8 nitrogen and oxygen atoms in total. The first-order chi connectivity index (χ1) is 21.3. The Kier molecular flexibility index (Phi) is 37.1. The van der Waals surface area contributed by atoms with Gasteiger partial charge in [0.1, 0.15) is 13.1 Å². The van der Waals surface area contributed by atoms with E-state index in [-0.39, 0.29) is 24.9 Å². The number of carbonyl (C=O) groups excluding carboxylic acids is 2. The van der Waals surface area contributed by atoms with Crippen molar-refractivity contribution < 1.29 is 29.4 Å². The summed E-state index contributed by atoms with van der Waals surface area (Å²) in [5.74, 6) is -2.27. The molecule has 260 valence electrons. The number of hydrogen-bond donors (Lipinski definition) is 4. The molecule has 0 saturated heterocycles. The molecule has 4 N–H and O–H groups in total. The van der Waals surface area contributed by atoms with E-state index in [1.54, 1.807) is 0 Å². The van der Waals surface area contributed by atoms with Gasteiger partial charge >= 0.3 is 11.9 Å². The molecule has 0 aromatic carbocycles. The smallest absolute Gasteiger partial charge is 0.322 e. The van der Waals surface area contributed by atoms with Crippen LogP contribution in [0.15, 0.2) is 0 Å². The van der Waals surface area contributed by atoms with Crippen molar-refractivity contribution in [1.29, 1.82) is 0 Å². The number of unbranched alkanes of at least 4 members (excludes halogenated alkanes) is 24. The maximum Gasteiger partial charge on any atom is 0.322 e. The molecular formula is C36H70N2O6. The van der Waals surface area contributed by atoms with E-state index < -0.39 is 11.9 Å². The van der Waals surface area contributed by atoms with Crippen molar-refractivity contribution in [1.82, 2.24) is 10.6 Å². The number of rotatable bonds is 32. The molecule has 0 spiro atoms. The highest BCUT2D eigenvalue weighted by Crippen LogP contribution is 2.14. The molecule has 0 rings (SSSR count). The minimum atomic E-state index is -0.987. The second-order valence-electron chi connectivity index (χ2n) is 12.3. The van der Waals surface area contributed by atoms with Crippen molar-refractivity contribution in [2.75, 3.05) is 13.1 Å². The van der Waals surface area contributed by atoms with Crippen molar-refractivity contribution in [2.45, 2.75) is 194 Å². The summed E-state index contributed by atoms with van der Waals surface area (Å²) in [5, 5.41) is 21.6. The minimum absolute atomic E-state index is 0.148. The molecule has 8 heteroatoms. The lowest BCUT2D eigenvalue weighted by molar-refractivity contribution is -0.138. The van der Waals surface area contributed by atoms with E-state index in [1.807, 2.05) is 0 Å². The second-order valence-corrected chi connectivity index (χ2v) is 12.3. The fraction of sp³-hybridized carbons (Fsp3) is 0.889. The minimum Gasteiger partial charge on any atom is -0.480 e. The van der Waals surface area contributed by atoms with Gasteiger partial charge in [0.05, 0.1) is 0 Å². The van der Waals surface area contributed by atoms with Gasteiger partial charge in [-0.25, -0.2) is 0 Å². The highest BCUT2D eigenvalue weighted by Gasteiger charge is 2.04. The molecule has 0 aliphatic rings. The average Bonchev–Trinajstić information content (AvgIpc) is 3.00. The van der Waals surface area contributed by atoms with E-state index in [4.69, 9.17) is 10.2 Å². The SMILES string of the molecule is CCCCCCCCCCCCCCCC(=O)NCC(=O)O.CCCCCCCCCCCCCCCC(=O)NCC(=O)O. The summed E-state index contributed by atoms with van der Waals surface area (Å²) in [5.41, 5.74) is 0. The second kappa shape index (κ2) is 37.1. The van der Waals surface area contributed by atoms with Gasteiger partial charge in [0.2, 0.25) is 11.8 Å². The third kappa shape index (κ3) is 42.0. The molecule has 0 aromatic rings. The van der Waals surface area contributed by atoms with E-state index in [0.29, 0.717) is 12.8 Å². The Labute approximate surface area is 270 Å². The summed E-state index contributed by atoms with van der Waals surface area (Å²) in [7, 11) is 0. The number of aliphatic carboxylic acids is 2. The van der Waals surface area contributed by atoms with Crippen LogP contribution in [-0.2, 0) is 19.2 Å². The molecule has 0 aliphatic carbocycles. The molecule has 0 aromatic heterocycles. The van der Waals surface area contributed by atoms with Crippen LogP contribution < -0.4 is 10.6 Å². The van der Waals surface area contributed by atoms with Crippen molar-refractivity contribution >= 4 is 23.8 Å². The number of nitrogens with one attached hydrogen (secondary N) is 2. The highest BCUT2D eigenvalue weighted by atomic mass is 16.4. The van der Waals surface area contributed by atoms with Gasteiger partial charge in [0, 0.05) is 12.8 Å². The van der Waals surface area contributed by atoms with Gasteiger partial charge in [-0.1, -0.05) is 168 Å². The maximum absolute atomic E-state index is 11.3. The van der Waals surface area contributed by atoms with Crippen molar-refractivity contribution in [3.63, 3.8) is 0 Å². The van der Waals surface area contributed by atoms with E-state index in [0.717, 1.165) is 25.7 Å². The largest absolute Gasteiger partial charge is 0.480 e. The Balaban J connectivity index is 0. The van der Waals surface area contributed by atoms with Crippen LogP contribution in [0.2, 0.25) is 0 Å². The molecule has 0 bridgehead atoms. The number of carboxylic acids is 2. The molecule has 0 fully saturated rings. The first-order valence-electron chi connectivity index (χ1n) is 18.3.